The molecule has 0 amide bonds. The van der Waals surface area contributed by atoms with Gasteiger partial charge in [-0.1, -0.05) is 33.8 Å². The monoisotopic (exact) mass is 289 g/mol. The van der Waals surface area contributed by atoms with Crippen molar-refractivity contribution in [2.75, 3.05) is 0 Å². The molecule has 112 valence electrons. The number of hydrogen-bond acceptors (Lipinski definition) is 1. The van der Waals surface area contributed by atoms with Crippen LogP contribution in [0.1, 0.15) is 39.7 Å². The van der Waals surface area contributed by atoms with Crippen molar-refractivity contribution in [3.8, 4) is 11.3 Å². The lowest BCUT2D eigenvalue weighted by Crippen LogP contribution is -2.29. The second-order valence-electron chi connectivity index (χ2n) is 5.95. The zero-order chi connectivity index (χ0) is 15.6. The summed E-state index contributed by atoms with van der Waals surface area (Å²) in [5.74, 6) is -0.835. The van der Waals surface area contributed by atoms with Crippen molar-refractivity contribution in [3.63, 3.8) is 0 Å². The second-order valence-corrected chi connectivity index (χ2v) is 5.95. The van der Waals surface area contributed by atoms with E-state index in [1.54, 1.807) is 18.3 Å². The topological polar surface area (TPSA) is 12.9 Å². The molecule has 0 N–H and O–H groups in total. The number of nitrogens with zero attached hydrogens (tertiary/aromatic N) is 1. The zero-order valence-corrected chi connectivity index (χ0v) is 13.0. The molecule has 0 spiro atoms. The molecule has 1 aromatic heterocycles. The van der Waals surface area contributed by atoms with E-state index in [-0.39, 0.29) is 11.3 Å². The summed E-state index contributed by atoms with van der Waals surface area (Å²) >= 11 is 0. The number of halogens is 2. The normalized spacial score (nSPS) is 14.2. The Bertz CT molecular complexity index is 623. The van der Waals surface area contributed by atoms with Crippen molar-refractivity contribution >= 4 is 0 Å². The van der Waals surface area contributed by atoms with Gasteiger partial charge in [-0.25, -0.2) is 8.78 Å². The lowest BCUT2D eigenvalue weighted by Gasteiger charge is -2.35. The molecular formula is C18H21F2N. The fourth-order valence-corrected chi connectivity index (χ4v) is 2.70. The Balaban J connectivity index is 2.76. The number of pyridine rings is 1. The summed E-state index contributed by atoms with van der Waals surface area (Å²) in [6, 6.07) is 7.75. The van der Waals surface area contributed by atoms with E-state index in [0.717, 1.165) is 12.5 Å². The summed E-state index contributed by atoms with van der Waals surface area (Å²) in [6.07, 6.45) is 2.42. The van der Waals surface area contributed by atoms with Crippen LogP contribution in [0.25, 0.3) is 11.3 Å². The number of hydrogen-bond donors (Lipinski definition) is 0. The zero-order valence-electron chi connectivity index (χ0n) is 13.0. The molecule has 21 heavy (non-hydrogen) atoms. The van der Waals surface area contributed by atoms with Gasteiger partial charge in [-0.2, -0.15) is 0 Å². The van der Waals surface area contributed by atoms with Crippen LogP contribution in [0.3, 0.4) is 0 Å². The lowest BCUT2D eigenvalue weighted by atomic mass is 9.69. The molecule has 1 heterocycles. The van der Waals surface area contributed by atoms with Crippen LogP contribution in [-0.4, -0.2) is 4.98 Å². The smallest absolute Gasteiger partial charge is 0.135 e. The minimum absolute atomic E-state index is 0.256. The van der Waals surface area contributed by atoms with Crippen molar-refractivity contribution in [2.24, 2.45) is 5.92 Å². The molecule has 0 fully saturated rings. The number of aromatic nitrogens is 1. The first kappa shape index (κ1) is 15.6. The third-order valence-electron chi connectivity index (χ3n) is 4.60. The van der Waals surface area contributed by atoms with Crippen LogP contribution in [0, 0.1) is 17.6 Å². The fraction of sp³-hybridized carbons (Fsp3) is 0.389. The van der Waals surface area contributed by atoms with Gasteiger partial charge in [-0.05, 0) is 41.5 Å². The Hall–Kier alpha value is -1.77. The fourth-order valence-electron chi connectivity index (χ4n) is 2.70. The molecule has 2 rings (SSSR count). The molecule has 1 atom stereocenters. The molecule has 2 aromatic rings. The quantitative estimate of drug-likeness (QED) is 0.739. The van der Waals surface area contributed by atoms with Gasteiger partial charge in [0.15, 0.2) is 0 Å². The maximum absolute atomic E-state index is 14.4. The Morgan fingerprint density at radius 3 is 2.43 bits per heavy atom. The van der Waals surface area contributed by atoms with Crippen molar-refractivity contribution in [3.05, 3.63) is 53.7 Å². The number of benzene rings is 1. The molecule has 0 aliphatic rings. The van der Waals surface area contributed by atoms with E-state index in [4.69, 9.17) is 0 Å². The Morgan fingerprint density at radius 1 is 1.19 bits per heavy atom. The van der Waals surface area contributed by atoms with Gasteiger partial charge in [-0.3, -0.25) is 4.98 Å². The summed E-state index contributed by atoms with van der Waals surface area (Å²) in [5, 5.41) is 0. The molecule has 0 radical (unpaired) electrons. The van der Waals surface area contributed by atoms with Crippen molar-refractivity contribution in [1.82, 2.24) is 4.98 Å². The van der Waals surface area contributed by atoms with Crippen LogP contribution in [0.4, 0.5) is 8.78 Å². The van der Waals surface area contributed by atoms with Gasteiger partial charge >= 0.3 is 0 Å². The predicted octanol–water partition coefficient (Wildman–Crippen LogP) is 5.35. The van der Waals surface area contributed by atoms with E-state index in [0.29, 0.717) is 16.8 Å². The van der Waals surface area contributed by atoms with Crippen molar-refractivity contribution in [2.45, 2.75) is 39.5 Å². The summed E-state index contributed by atoms with van der Waals surface area (Å²) < 4.78 is 28.2. The molecule has 0 aliphatic carbocycles. The molecule has 0 bridgehead atoms. The van der Waals surface area contributed by atoms with Crippen LogP contribution >= 0.6 is 0 Å². The first-order valence-electron chi connectivity index (χ1n) is 7.31. The van der Waals surface area contributed by atoms with Crippen molar-refractivity contribution < 1.29 is 8.78 Å². The first-order chi connectivity index (χ1) is 9.90. The van der Waals surface area contributed by atoms with E-state index in [9.17, 15) is 8.78 Å². The standard InChI is InChI=1S/C18H21F2N/c1-5-18(4,12(2)3)14-10-13(19)11-15(20)17(14)16-8-6-7-9-21-16/h6-12H,5H2,1-4H3. The minimum atomic E-state index is -0.552. The van der Waals surface area contributed by atoms with Crippen LogP contribution in [-0.2, 0) is 5.41 Å². The predicted molar refractivity (Wildman–Crippen MR) is 82.1 cm³/mol. The van der Waals surface area contributed by atoms with Crippen LogP contribution in [0.15, 0.2) is 36.5 Å². The Labute approximate surface area is 125 Å². The molecule has 1 nitrogen and oxygen atoms in total. The van der Waals surface area contributed by atoms with Gasteiger partial charge in [0, 0.05) is 17.8 Å². The molecule has 0 saturated carbocycles. The van der Waals surface area contributed by atoms with Gasteiger partial charge < -0.3 is 0 Å². The minimum Gasteiger partial charge on any atom is -0.256 e. The molecule has 0 saturated heterocycles. The molecule has 1 unspecified atom stereocenters. The summed E-state index contributed by atoms with van der Waals surface area (Å²) in [4.78, 5) is 4.24. The number of rotatable bonds is 4. The highest BCUT2D eigenvalue weighted by Crippen LogP contribution is 2.41. The molecule has 3 heteroatoms. The lowest BCUT2D eigenvalue weighted by molar-refractivity contribution is 0.324. The highest BCUT2D eigenvalue weighted by atomic mass is 19.1. The third kappa shape index (κ3) is 2.82. The maximum atomic E-state index is 14.4. The van der Waals surface area contributed by atoms with E-state index >= 15 is 0 Å². The summed E-state index contributed by atoms with van der Waals surface area (Å²) in [7, 11) is 0. The van der Waals surface area contributed by atoms with Gasteiger partial charge in [0.05, 0.1) is 5.69 Å². The van der Waals surface area contributed by atoms with Crippen LogP contribution in [0.5, 0.6) is 0 Å². The Kier molecular flexibility index (Phi) is 4.40. The van der Waals surface area contributed by atoms with Gasteiger partial charge in [0.2, 0.25) is 0 Å². The van der Waals surface area contributed by atoms with Gasteiger partial charge in [-0.15, -0.1) is 0 Å². The van der Waals surface area contributed by atoms with Crippen LogP contribution in [0.2, 0.25) is 0 Å². The second kappa shape index (κ2) is 5.92. The molecule has 0 aliphatic heterocycles. The van der Waals surface area contributed by atoms with Crippen LogP contribution < -0.4 is 0 Å². The van der Waals surface area contributed by atoms with E-state index in [1.165, 1.54) is 6.07 Å². The van der Waals surface area contributed by atoms with Gasteiger partial charge in [0.1, 0.15) is 11.6 Å². The Morgan fingerprint density at radius 2 is 1.90 bits per heavy atom. The first-order valence-corrected chi connectivity index (χ1v) is 7.31. The highest BCUT2D eigenvalue weighted by Gasteiger charge is 2.33. The summed E-state index contributed by atoms with van der Waals surface area (Å²) in [5.41, 5.74) is 1.34. The average Bonchev–Trinajstić information content (AvgIpc) is 2.46. The molecular weight excluding hydrogens is 268 g/mol. The largest absolute Gasteiger partial charge is 0.256 e. The average molecular weight is 289 g/mol. The van der Waals surface area contributed by atoms with E-state index < -0.39 is 11.6 Å². The van der Waals surface area contributed by atoms with E-state index in [1.807, 2.05) is 13.0 Å². The molecule has 1 aromatic carbocycles. The van der Waals surface area contributed by atoms with Gasteiger partial charge in [0.25, 0.3) is 0 Å². The SMILES string of the molecule is CCC(C)(c1cc(F)cc(F)c1-c1ccccn1)C(C)C. The maximum Gasteiger partial charge on any atom is 0.135 e. The third-order valence-corrected chi connectivity index (χ3v) is 4.60. The van der Waals surface area contributed by atoms with E-state index in [2.05, 4.69) is 25.8 Å². The highest BCUT2D eigenvalue weighted by molar-refractivity contribution is 5.66. The van der Waals surface area contributed by atoms with Crippen molar-refractivity contribution in [1.29, 1.82) is 0 Å². The summed E-state index contributed by atoms with van der Waals surface area (Å²) in [6.45, 7) is 8.26.